The number of halogens is 1. The van der Waals surface area contributed by atoms with Gasteiger partial charge in [-0.15, -0.1) is 0 Å². The van der Waals surface area contributed by atoms with Crippen LogP contribution in [-0.4, -0.2) is 41.3 Å². The average Bonchev–Trinajstić information content (AvgIpc) is 3.09. The zero-order valence-electron chi connectivity index (χ0n) is 20.9. The molecule has 1 fully saturated rings. The number of carbonyl (C=O) groups is 3. The minimum Gasteiger partial charge on any atom is -0.493 e. The molecular weight excluding hydrogens is 558 g/mol. The summed E-state index contributed by atoms with van der Waals surface area (Å²) in [7, 11) is 1.53. The Morgan fingerprint density at radius 1 is 1.08 bits per heavy atom. The number of amides is 2. The average molecular weight is 584 g/mol. The second-order valence-electron chi connectivity index (χ2n) is 9.32. The summed E-state index contributed by atoms with van der Waals surface area (Å²) in [6.45, 7) is 5.06. The number of carbonyl (C=O) groups excluding carboxylic acids is 3. The number of ether oxygens (including phenoxy) is 3. The summed E-state index contributed by atoms with van der Waals surface area (Å²) in [4.78, 5) is 38.5. The van der Waals surface area contributed by atoms with E-state index in [2.05, 4.69) is 34.1 Å². The van der Waals surface area contributed by atoms with Crippen molar-refractivity contribution in [3.63, 3.8) is 0 Å². The second kappa shape index (κ2) is 11.0. The van der Waals surface area contributed by atoms with E-state index in [1.807, 2.05) is 24.3 Å². The van der Waals surface area contributed by atoms with E-state index < -0.39 is 29.3 Å². The normalized spacial score (nSPS) is 14.9. The molecule has 37 heavy (non-hydrogen) atoms. The van der Waals surface area contributed by atoms with Crippen molar-refractivity contribution in [2.24, 2.45) is 0 Å². The van der Waals surface area contributed by atoms with E-state index in [1.54, 1.807) is 39.0 Å². The lowest BCUT2D eigenvalue weighted by atomic mass is 10.1. The number of methoxy groups -OCH3 is 1. The number of esters is 1. The first-order valence-electron chi connectivity index (χ1n) is 11.5. The number of thioether (sulfide) groups is 1. The molecule has 7 nitrogen and oxygen atoms in total. The molecule has 3 aromatic rings. The molecule has 1 aliphatic heterocycles. The Labute approximate surface area is 227 Å². The quantitative estimate of drug-likeness (QED) is 0.230. The van der Waals surface area contributed by atoms with Gasteiger partial charge in [-0.2, -0.15) is 0 Å². The number of nitrogens with zero attached hydrogens (tertiary/aromatic N) is 1. The summed E-state index contributed by atoms with van der Waals surface area (Å²) >= 11 is 4.32. The molecule has 1 heterocycles. The van der Waals surface area contributed by atoms with Gasteiger partial charge in [-0.05, 0) is 88.6 Å². The molecule has 0 aliphatic carbocycles. The molecule has 2 amide bonds. The second-order valence-corrected chi connectivity index (χ2v) is 11.2. The van der Waals surface area contributed by atoms with Gasteiger partial charge in [0, 0.05) is 0 Å². The summed E-state index contributed by atoms with van der Waals surface area (Å²) in [5.41, 5.74) is 0.952. The van der Waals surface area contributed by atoms with Crippen molar-refractivity contribution in [1.82, 2.24) is 4.90 Å². The third-order valence-electron chi connectivity index (χ3n) is 5.38. The highest BCUT2D eigenvalue weighted by Crippen LogP contribution is 2.39. The van der Waals surface area contributed by atoms with Crippen LogP contribution in [-0.2, 0) is 20.9 Å². The monoisotopic (exact) mass is 583 g/mol. The minimum absolute atomic E-state index is 0.201. The molecule has 1 saturated heterocycles. The first-order chi connectivity index (χ1) is 17.6. The van der Waals surface area contributed by atoms with Crippen molar-refractivity contribution >= 4 is 61.7 Å². The largest absolute Gasteiger partial charge is 0.493 e. The van der Waals surface area contributed by atoms with Gasteiger partial charge in [0.25, 0.3) is 11.1 Å². The molecule has 0 spiro atoms. The van der Waals surface area contributed by atoms with Gasteiger partial charge in [0.05, 0.1) is 16.5 Å². The number of hydrogen-bond donors (Lipinski definition) is 0. The number of fused-ring (bicyclic) bond motifs is 1. The van der Waals surface area contributed by atoms with Gasteiger partial charge < -0.3 is 14.2 Å². The zero-order chi connectivity index (χ0) is 26.7. The van der Waals surface area contributed by atoms with Gasteiger partial charge >= 0.3 is 5.97 Å². The van der Waals surface area contributed by atoms with Crippen LogP contribution >= 0.6 is 27.7 Å². The van der Waals surface area contributed by atoms with Crippen LogP contribution in [0.4, 0.5) is 4.79 Å². The van der Waals surface area contributed by atoms with E-state index >= 15 is 0 Å². The fourth-order valence-electron chi connectivity index (χ4n) is 3.82. The van der Waals surface area contributed by atoms with E-state index in [0.717, 1.165) is 33.0 Å². The van der Waals surface area contributed by atoms with E-state index in [4.69, 9.17) is 14.2 Å². The zero-order valence-corrected chi connectivity index (χ0v) is 23.3. The Bertz CT molecular complexity index is 1410. The van der Waals surface area contributed by atoms with Crippen LogP contribution in [0.15, 0.2) is 64.0 Å². The van der Waals surface area contributed by atoms with Crippen LogP contribution in [0.1, 0.15) is 31.9 Å². The van der Waals surface area contributed by atoms with Crippen molar-refractivity contribution in [3.8, 4) is 11.5 Å². The highest BCUT2D eigenvalue weighted by Gasteiger charge is 2.37. The van der Waals surface area contributed by atoms with Gasteiger partial charge in [-0.25, -0.2) is 0 Å². The van der Waals surface area contributed by atoms with E-state index in [0.29, 0.717) is 28.1 Å². The summed E-state index contributed by atoms with van der Waals surface area (Å²) in [6.07, 6.45) is 1.59. The maximum absolute atomic E-state index is 12.8. The molecule has 9 heteroatoms. The fourth-order valence-corrected chi connectivity index (χ4v) is 5.23. The van der Waals surface area contributed by atoms with Crippen molar-refractivity contribution in [3.05, 3.63) is 75.1 Å². The van der Waals surface area contributed by atoms with Crippen LogP contribution in [0.5, 0.6) is 11.5 Å². The van der Waals surface area contributed by atoms with Crippen LogP contribution < -0.4 is 9.47 Å². The van der Waals surface area contributed by atoms with Gasteiger partial charge in [0.2, 0.25) is 0 Å². The van der Waals surface area contributed by atoms with Crippen molar-refractivity contribution in [1.29, 1.82) is 0 Å². The topological polar surface area (TPSA) is 82.1 Å². The van der Waals surface area contributed by atoms with Crippen LogP contribution in [0.3, 0.4) is 0 Å². The molecular formula is C28H26BrNO6S. The summed E-state index contributed by atoms with van der Waals surface area (Å²) < 4.78 is 17.6. The van der Waals surface area contributed by atoms with Gasteiger partial charge in [-0.1, -0.05) is 42.5 Å². The lowest BCUT2D eigenvalue weighted by molar-refractivity contribution is -0.156. The minimum atomic E-state index is -0.713. The lowest BCUT2D eigenvalue weighted by Crippen LogP contribution is -2.37. The first-order valence-corrected chi connectivity index (χ1v) is 13.1. The molecule has 192 valence electrons. The SMILES string of the molecule is COc1cc(C=C2SC(=O)N(CC(=O)OC(C)(C)C)C2=O)cc(Br)c1OCc1cccc2ccccc12. The molecule has 4 rings (SSSR count). The molecule has 1 aliphatic rings. The van der Waals surface area contributed by atoms with E-state index in [9.17, 15) is 14.4 Å². The molecule has 0 unspecified atom stereocenters. The highest BCUT2D eigenvalue weighted by atomic mass is 79.9. The fraction of sp³-hybridized carbons (Fsp3) is 0.250. The standard InChI is InChI=1S/C28H26BrNO6S/c1-28(2,3)36-24(31)15-30-26(32)23(37-27(30)33)14-17-12-21(29)25(22(13-17)34-4)35-16-19-10-7-9-18-8-5-6-11-20(18)19/h5-14H,15-16H2,1-4H3. The van der Waals surface area contributed by atoms with Crippen LogP contribution in [0.25, 0.3) is 16.8 Å². The summed E-state index contributed by atoms with van der Waals surface area (Å²) in [5.74, 6) is -0.208. The molecule has 0 atom stereocenters. The van der Waals surface area contributed by atoms with Crippen molar-refractivity contribution in [2.75, 3.05) is 13.7 Å². The third-order valence-corrected chi connectivity index (χ3v) is 6.88. The summed E-state index contributed by atoms with van der Waals surface area (Å²) in [5, 5.41) is 1.72. The molecule has 0 bridgehead atoms. The lowest BCUT2D eigenvalue weighted by Gasteiger charge is -2.21. The molecule has 0 saturated carbocycles. The molecule has 0 radical (unpaired) electrons. The highest BCUT2D eigenvalue weighted by molar-refractivity contribution is 9.10. The van der Waals surface area contributed by atoms with Gasteiger partial charge in [0.1, 0.15) is 18.8 Å². The maximum atomic E-state index is 12.8. The smallest absolute Gasteiger partial charge is 0.326 e. The predicted octanol–water partition coefficient (Wildman–Crippen LogP) is 6.57. The maximum Gasteiger partial charge on any atom is 0.326 e. The number of benzene rings is 3. The Balaban J connectivity index is 1.53. The first kappa shape index (κ1) is 26.8. The van der Waals surface area contributed by atoms with Crippen molar-refractivity contribution in [2.45, 2.75) is 33.0 Å². The Morgan fingerprint density at radius 2 is 1.81 bits per heavy atom. The number of rotatable bonds is 7. The molecule has 0 aromatic heterocycles. The molecule has 0 N–H and O–H groups in total. The van der Waals surface area contributed by atoms with Crippen molar-refractivity contribution < 1.29 is 28.6 Å². The summed E-state index contributed by atoms with van der Waals surface area (Å²) in [6, 6.07) is 17.7. The molecule has 3 aromatic carbocycles. The number of imide groups is 1. The van der Waals surface area contributed by atoms with Gasteiger partial charge in [-0.3, -0.25) is 19.3 Å². The predicted molar refractivity (Wildman–Crippen MR) is 147 cm³/mol. The van der Waals surface area contributed by atoms with Gasteiger partial charge in [0.15, 0.2) is 11.5 Å². The third kappa shape index (κ3) is 6.34. The van der Waals surface area contributed by atoms with Crippen LogP contribution in [0, 0.1) is 0 Å². The van der Waals surface area contributed by atoms with E-state index in [-0.39, 0.29) is 4.91 Å². The van der Waals surface area contributed by atoms with Crippen LogP contribution in [0.2, 0.25) is 0 Å². The Morgan fingerprint density at radius 3 is 2.54 bits per heavy atom. The number of hydrogen-bond acceptors (Lipinski definition) is 7. The Kier molecular flexibility index (Phi) is 7.94. The van der Waals surface area contributed by atoms with E-state index in [1.165, 1.54) is 7.11 Å². The Hall–Kier alpha value is -3.30.